The average molecular weight is 360 g/mol. The van der Waals surface area contributed by atoms with Gasteiger partial charge in [0.25, 0.3) is 0 Å². The third-order valence-corrected chi connectivity index (χ3v) is 9.05. The molecule has 4 rings (SSSR count). The smallest absolute Gasteiger partial charge is 0.316 e. The van der Waals surface area contributed by atoms with E-state index in [4.69, 9.17) is 4.84 Å². The van der Waals surface area contributed by atoms with E-state index in [1.54, 1.807) is 0 Å². The molecule has 0 aromatic heterocycles. The van der Waals surface area contributed by atoms with Crippen LogP contribution in [-0.2, 0) is 9.63 Å². The lowest BCUT2D eigenvalue weighted by Gasteiger charge is -2.42. The molecule has 1 amide bonds. The van der Waals surface area contributed by atoms with Crippen LogP contribution in [0.15, 0.2) is 5.16 Å². The maximum atomic E-state index is 12.8. The third-order valence-electron chi connectivity index (χ3n) is 9.05. The maximum Gasteiger partial charge on any atom is 0.433 e. The number of nitrogens with zero attached hydrogens (tertiary/aromatic N) is 1. The summed E-state index contributed by atoms with van der Waals surface area (Å²) in [5.74, 6) is 0.792. The molecule has 0 spiro atoms. The molecule has 4 aliphatic rings. The molecule has 0 heterocycles. The average Bonchev–Trinajstić information content (AvgIpc) is 3.14. The van der Waals surface area contributed by atoms with Crippen LogP contribution in [0.4, 0.5) is 4.79 Å². The lowest BCUT2D eigenvalue weighted by Crippen LogP contribution is -2.52. The van der Waals surface area contributed by atoms with Crippen LogP contribution in [0.2, 0.25) is 0 Å². The molecule has 4 saturated carbocycles. The highest BCUT2D eigenvalue weighted by molar-refractivity contribution is 6.45. The molecule has 4 aliphatic carbocycles. The normalized spacial score (nSPS) is 46.2. The SMILES string of the molecule is CC12CCC(C1)C(C)(C)C2NC(=O)ON=C1C(=O)C2(C)CCC1C2(C)C. The van der Waals surface area contributed by atoms with E-state index in [1.807, 2.05) is 6.92 Å². The Morgan fingerprint density at radius 1 is 1.12 bits per heavy atom. The first-order chi connectivity index (χ1) is 11.9. The quantitative estimate of drug-likeness (QED) is 0.589. The highest BCUT2D eigenvalue weighted by Gasteiger charge is 2.65. The second kappa shape index (κ2) is 5.11. The number of ketones is 1. The molecular formula is C21H32N2O3. The number of amides is 1. The maximum absolute atomic E-state index is 12.8. The van der Waals surface area contributed by atoms with Crippen molar-refractivity contribution in [2.75, 3.05) is 0 Å². The van der Waals surface area contributed by atoms with Crippen LogP contribution in [0, 0.1) is 33.5 Å². The number of nitrogens with one attached hydrogen (secondary N) is 1. The monoisotopic (exact) mass is 360 g/mol. The van der Waals surface area contributed by atoms with Gasteiger partial charge in [0.05, 0.1) is 0 Å². The van der Waals surface area contributed by atoms with Crippen molar-refractivity contribution in [3.8, 4) is 0 Å². The Kier molecular flexibility index (Phi) is 3.54. The van der Waals surface area contributed by atoms with Gasteiger partial charge in [0.1, 0.15) is 5.71 Å². The minimum Gasteiger partial charge on any atom is -0.316 e. The van der Waals surface area contributed by atoms with E-state index in [0.29, 0.717) is 11.6 Å². The molecule has 26 heavy (non-hydrogen) atoms. The minimum atomic E-state index is -0.525. The molecule has 1 N–H and O–H groups in total. The van der Waals surface area contributed by atoms with Crippen LogP contribution >= 0.6 is 0 Å². The summed E-state index contributed by atoms with van der Waals surface area (Å²) < 4.78 is 0. The van der Waals surface area contributed by atoms with Crippen LogP contribution in [0.25, 0.3) is 0 Å². The standard InChI is InChI=1S/C21H32N2O3/c1-18(2)12-7-9-20(5,11-12)16(18)22-17(25)26-23-14-13-8-10-21(6,15(14)24)19(13,3)4/h12-13,16H,7-11H2,1-6H3,(H,22,25). The number of carbonyl (C=O) groups is 2. The van der Waals surface area contributed by atoms with Gasteiger partial charge in [-0.05, 0) is 54.3 Å². The van der Waals surface area contributed by atoms with Gasteiger partial charge in [-0.1, -0.05) is 46.7 Å². The molecule has 0 aromatic carbocycles. The first kappa shape index (κ1) is 18.0. The van der Waals surface area contributed by atoms with Crippen molar-refractivity contribution in [1.29, 1.82) is 0 Å². The molecular weight excluding hydrogens is 328 g/mol. The Morgan fingerprint density at radius 2 is 1.81 bits per heavy atom. The molecule has 0 saturated heterocycles. The van der Waals surface area contributed by atoms with Crippen molar-refractivity contribution in [3.63, 3.8) is 0 Å². The fourth-order valence-electron chi connectivity index (χ4n) is 6.83. The van der Waals surface area contributed by atoms with Crippen LogP contribution in [0.3, 0.4) is 0 Å². The summed E-state index contributed by atoms with van der Waals surface area (Å²) in [5.41, 5.74) is 0.158. The number of carbonyl (C=O) groups excluding carboxylic acids is 2. The van der Waals surface area contributed by atoms with E-state index in [0.717, 1.165) is 25.7 Å². The van der Waals surface area contributed by atoms with Gasteiger partial charge in [-0.15, -0.1) is 0 Å². The molecule has 5 nitrogen and oxygen atoms in total. The zero-order chi connectivity index (χ0) is 19.1. The second-order valence-corrected chi connectivity index (χ2v) is 10.8. The second-order valence-electron chi connectivity index (χ2n) is 10.8. The highest BCUT2D eigenvalue weighted by Crippen LogP contribution is 2.63. The molecule has 4 fully saturated rings. The summed E-state index contributed by atoms with van der Waals surface area (Å²) in [6.07, 6.45) is 4.85. The summed E-state index contributed by atoms with van der Waals surface area (Å²) in [6.45, 7) is 13.0. The lowest BCUT2D eigenvalue weighted by molar-refractivity contribution is -0.123. The molecule has 0 aromatic rings. The highest BCUT2D eigenvalue weighted by atomic mass is 16.7. The zero-order valence-corrected chi connectivity index (χ0v) is 16.9. The van der Waals surface area contributed by atoms with Crippen LogP contribution < -0.4 is 5.32 Å². The lowest BCUT2D eigenvalue weighted by atomic mass is 9.68. The number of hydrogen-bond donors (Lipinski definition) is 1. The summed E-state index contributed by atoms with van der Waals surface area (Å²) >= 11 is 0. The Labute approximate surface area is 156 Å². The Balaban J connectivity index is 1.47. The predicted molar refractivity (Wildman–Crippen MR) is 99.7 cm³/mol. The van der Waals surface area contributed by atoms with Crippen molar-refractivity contribution in [1.82, 2.24) is 5.32 Å². The minimum absolute atomic E-state index is 0.0544. The van der Waals surface area contributed by atoms with Gasteiger partial charge in [-0.2, -0.15) is 0 Å². The van der Waals surface area contributed by atoms with Crippen molar-refractivity contribution < 1.29 is 14.4 Å². The van der Waals surface area contributed by atoms with Gasteiger partial charge in [0, 0.05) is 17.4 Å². The summed E-state index contributed by atoms with van der Waals surface area (Å²) in [4.78, 5) is 30.5. The predicted octanol–water partition coefficient (Wildman–Crippen LogP) is 4.31. The van der Waals surface area contributed by atoms with E-state index in [-0.39, 0.29) is 39.4 Å². The summed E-state index contributed by atoms with van der Waals surface area (Å²) in [6, 6.07) is 0.0890. The van der Waals surface area contributed by atoms with E-state index in [2.05, 4.69) is 45.1 Å². The van der Waals surface area contributed by atoms with Gasteiger partial charge in [-0.3, -0.25) is 9.63 Å². The Hall–Kier alpha value is -1.39. The molecule has 4 bridgehead atoms. The number of Topliss-reactive ketones (excluding diaryl/α,β-unsaturated/α-hetero) is 1. The van der Waals surface area contributed by atoms with Gasteiger partial charge in [0.2, 0.25) is 0 Å². The molecule has 0 radical (unpaired) electrons. The Bertz CT molecular complexity index is 705. The third kappa shape index (κ3) is 2.06. The fraction of sp³-hybridized carbons (Fsp3) is 0.857. The zero-order valence-electron chi connectivity index (χ0n) is 16.9. The van der Waals surface area contributed by atoms with Crippen molar-refractivity contribution >= 4 is 17.6 Å². The topological polar surface area (TPSA) is 67.8 Å². The van der Waals surface area contributed by atoms with Crippen molar-refractivity contribution in [3.05, 3.63) is 0 Å². The number of fused-ring (bicyclic) bond motifs is 4. The van der Waals surface area contributed by atoms with E-state index in [1.165, 1.54) is 6.42 Å². The van der Waals surface area contributed by atoms with Crippen LogP contribution in [0.1, 0.15) is 73.6 Å². The first-order valence-electron chi connectivity index (χ1n) is 10.0. The number of oxime groups is 1. The van der Waals surface area contributed by atoms with Crippen LogP contribution in [-0.4, -0.2) is 23.6 Å². The summed E-state index contributed by atoms with van der Waals surface area (Å²) in [7, 11) is 0. The summed E-state index contributed by atoms with van der Waals surface area (Å²) in [5, 5.41) is 7.13. The van der Waals surface area contributed by atoms with Gasteiger partial charge in [0.15, 0.2) is 5.78 Å². The Morgan fingerprint density at radius 3 is 2.35 bits per heavy atom. The number of hydrogen-bond acceptors (Lipinski definition) is 4. The van der Waals surface area contributed by atoms with E-state index >= 15 is 0 Å². The molecule has 0 aliphatic heterocycles. The van der Waals surface area contributed by atoms with E-state index < -0.39 is 6.09 Å². The van der Waals surface area contributed by atoms with Gasteiger partial charge in [-0.25, -0.2) is 4.79 Å². The van der Waals surface area contributed by atoms with Gasteiger partial charge >= 0.3 is 6.09 Å². The van der Waals surface area contributed by atoms with E-state index in [9.17, 15) is 9.59 Å². The molecule has 5 heteroatoms. The number of rotatable bonds is 2. The van der Waals surface area contributed by atoms with Crippen molar-refractivity contribution in [2.24, 2.45) is 38.7 Å². The largest absolute Gasteiger partial charge is 0.433 e. The first-order valence-corrected chi connectivity index (χ1v) is 10.0. The van der Waals surface area contributed by atoms with Crippen molar-refractivity contribution in [2.45, 2.75) is 79.7 Å². The molecule has 5 atom stereocenters. The molecule has 5 unspecified atom stereocenters. The molecule has 144 valence electrons. The fourth-order valence-corrected chi connectivity index (χ4v) is 6.83. The van der Waals surface area contributed by atoms with Crippen LogP contribution in [0.5, 0.6) is 0 Å². The van der Waals surface area contributed by atoms with Gasteiger partial charge < -0.3 is 5.32 Å².